The van der Waals surface area contributed by atoms with Crippen molar-refractivity contribution < 1.29 is 14.3 Å². The predicted octanol–water partition coefficient (Wildman–Crippen LogP) is 0.910. The van der Waals surface area contributed by atoms with Crippen molar-refractivity contribution in [2.75, 3.05) is 0 Å². The summed E-state index contributed by atoms with van der Waals surface area (Å²) in [6, 6.07) is 1.74. The van der Waals surface area contributed by atoms with Crippen LogP contribution in [0.4, 0.5) is 0 Å². The fourth-order valence-electron chi connectivity index (χ4n) is 0.820. The number of aliphatic carboxylic acids is 1. The minimum atomic E-state index is -1.17. The fourth-order valence-corrected chi connectivity index (χ4v) is 0.995. The van der Waals surface area contributed by atoms with Gasteiger partial charge in [0.15, 0.2) is 22.6 Å². The molecule has 0 radical (unpaired) electrons. The first-order valence-corrected chi connectivity index (χ1v) is 3.86. The lowest BCUT2D eigenvalue weighted by Crippen LogP contribution is -2.05. The molecule has 0 saturated heterocycles. The van der Waals surface area contributed by atoms with Gasteiger partial charge in [-0.2, -0.15) is 17.9 Å². The topological polar surface area (TPSA) is 87.1 Å². The Morgan fingerprint density at radius 1 is 1.85 bits per heavy atom. The van der Waals surface area contributed by atoms with Gasteiger partial charge in [-0.25, -0.2) is 4.98 Å². The molecule has 1 N–H and O–H groups in total. The van der Waals surface area contributed by atoms with E-state index < -0.39 is 11.2 Å². The zero-order chi connectivity index (χ0) is 10.0. The van der Waals surface area contributed by atoms with Crippen LogP contribution in [0.5, 0.6) is 0 Å². The Labute approximate surface area is 79.4 Å². The Kier molecular flexibility index (Phi) is 2.58. The number of aryl methyl sites for hydroxylation is 1. The van der Waals surface area contributed by atoms with Crippen molar-refractivity contribution in [2.24, 2.45) is 0 Å². The first kappa shape index (κ1) is 9.61. The molecule has 0 aliphatic carbocycles. The summed E-state index contributed by atoms with van der Waals surface area (Å²) in [5.41, 5.74) is -0.0279. The number of oxazole rings is 1. The number of hydrogen-bond acceptors (Lipinski definition) is 5. The third-order valence-electron chi connectivity index (χ3n) is 1.35. The molecule has 6 heteroatoms. The molecule has 1 aromatic heterocycles. The smallest absolute Gasteiger partial charge is 0.324 e. The summed E-state index contributed by atoms with van der Waals surface area (Å²) in [7, 11) is 0. The molecule has 0 fully saturated rings. The molecule has 13 heavy (non-hydrogen) atoms. The summed E-state index contributed by atoms with van der Waals surface area (Å²) in [5, 5.41) is 16.0. The number of thiol groups is 1. The van der Waals surface area contributed by atoms with Crippen LogP contribution in [0, 0.1) is 18.3 Å². The zero-order valence-corrected chi connectivity index (χ0v) is 7.58. The number of carboxylic acids is 1. The van der Waals surface area contributed by atoms with Gasteiger partial charge in [-0.3, -0.25) is 4.79 Å². The van der Waals surface area contributed by atoms with E-state index in [0.717, 1.165) is 0 Å². The van der Waals surface area contributed by atoms with Gasteiger partial charge in [-0.05, 0) is 0 Å². The number of hydrogen-bond donors (Lipinski definition) is 2. The quantitative estimate of drug-likeness (QED) is 0.689. The monoisotopic (exact) mass is 198 g/mol. The van der Waals surface area contributed by atoms with E-state index in [1.54, 1.807) is 6.07 Å². The number of nitriles is 1. The number of aromatic nitrogens is 1. The maximum atomic E-state index is 10.5. The van der Waals surface area contributed by atoms with Gasteiger partial charge in [0.05, 0.1) is 0 Å². The third-order valence-corrected chi connectivity index (χ3v) is 1.80. The van der Waals surface area contributed by atoms with Crippen molar-refractivity contribution in [3.63, 3.8) is 0 Å². The molecule has 0 amide bonds. The molecule has 68 valence electrons. The predicted molar refractivity (Wildman–Crippen MR) is 45.3 cm³/mol. The second-order valence-corrected chi connectivity index (χ2v) is 2.81. The van der Waals surface area contributed by atoms with E-state index in [1.807, 2.05) is 0 Å². The molecule has 1 rings (SSSR count). The highest BCUT2D eigenvalue weighted by Crippen LogP contribution is 2.24. The lowest BCUT2D eigenvalue weighted by Gasteiger charge is -1.99. The minimum absolute atomic E-state index is 0.0177. The highest BCUT2D eigenvalue weighted by Gasteiger charge is 2.24. The van der Waals surface area contributed by atoms with Gasteiger partial charge >= 0.3 is 5.97 Å². The number of carboxylic acid groups (broad SMARTS) is 1. The van der Waals surface area contributed by atoms with E-state index in [4.69, 9.17) is 14.8 Å². The van der Waals surface area contributed by atoms with Gasteiger partial charge in [0.1, 0.15) is 6.07 Å². The SMILES string of the molecule is Cc1nc(C#N)c(C(S)C(=O)O)o1. The lowest BCUT2D eigenvalue weighted by atomic mass is 10.3. The van der Waals surface area contributed by atoms with Gasteiger partial charge in [-0.1, -0.05) is 0 Å². The van der Waals surface area contributed by atoms with Crippen molar-refractivity contribution in [3.8, 4) is 6.07 Å². The molecule has 0 aliphatic heterocycles. The van der Waals surface area contributed by atoms with E-state index in [-0.39, 0.29) is 17.3 Å². The minimum Gasteiger partial charge on any atom is -0.480 e. The molecule has 1 atom stereocenters. The Morgan fingerprint density at radius 2 is 2.46 bits per heavy atom. The second-order valence-electron chi connectivity index (χ2n) is 2.30. The molecule has 1 unspecified atom stereocenters. The molecule has 0 aromatic carbocycles. The van der Waals surface area contributed by atoms with Crippen LogP contribution in [0.15, 0.2) is 4.42 Å². The average molecular weight is 198 g/mol. The highest BCUT2D eigenvalue weighted by molar-refractivity contribution is 7.81. The van der Waals surface area contributed by atoms with Crippen molar-refractivity contribution in [3.05, 3.63) is 17.3 Å². The van der Waals surface area contributed by atoms with Crippen LogP contribution in [0.1, 0.15) is 22.6 Å². The van der Waals surface area contributed by atoms with Crippen LogP contribution in [0.3, 0.4) is 0 Å². The molecular weight excluding hydrogens is 192 g/mol. The van der Waals surface area contributed by atoms with Crippen molar-refractivity contribution in [1.29, 1.82) is 5.26 Å². The van der Waals surface area contributed by atoms with Crippen LogP contribution in [0.2, 0.25) is 0 Å². The molecule has 1 aromatic rings. The summed E-state index contributed by atoms with van der Waals surface area (Å²) >= 11 is 3.77. The molecular formula is C7H6N2O3S. The molecule has 0 spiro atoms. The molecule has 5 nitrogen and oxygen atoms in total. The van der Waals surface area contributed by atoms with Crippen LogP contribution in [-0.4, -0.2) is 16.1 Å². The zero-order valence-electron chi connectivity index (χ0n) is 6.68. The molecule has 1 heterocycles. The van der Waals surface area contributed by atoms with Crippen LogP contribution < -0.4 is 0 Å². The van der Waals surface area contributed by atoms with Gasteiger partial charge in [0.2, 0.25) is 0 Å². The van der Waals surface area contributed by atoms with Crippen LogP contribution in [0.25, 0.3) is 0 Å². The van der Waals surface area contributed by atoms with Crippen molar-refractivity contribution >= 4 is 18.6 Å². The second kappa shape index (κ2) is 3.49. The summed E-state index contributed by atoms with van der Waals surface area (Å²) in [6.45, 7) is 1.53. The standard InChI is InChI=1S/C7H6N2O3S/c1-3-9-4(2-8)5(12-3)6(13)7(10)11/h6,13H,1H3,(H,10,11). The van der Waals surface area contributed by atoms with Crippen molar-refractivity contribution in [2.45, 2.75) is 12.2 Å². The summed E-state index contributed by atoms with van der Waals surface area (Å²) in [6.07, 6.45) is 0. The largest absolute Gasteiger partial charge is 0.480 e. The van der Waals surface area contributed by atoms with Gasteiger partial charge < -0.3 is 9.52 Å². The first-order valence-electron chi connectivity index (χ1n) is 3.34. The van der Waals surface area contributed by atoms with Crippen molar-refractivity contribution in [1.82, 2.24) is 4.98 Å². The van der Waals surface area contributed by atoms with Crippen LogP contribution in [-0.2, 0) is 4.79 Å². The fraction of sp³-hybridized carbons (Fsp3) is 0.286. The Hall–Kier alpha value is -1.48. The number of carbonyl (C=O) groups is 1. The Balaban J connectivity index is 3.14. The van der Waals surface area contributed by atoms with E-state index in [0.29, 0.717) is 0 Å². The molecule has 0 bridgehead atoms. The van der Waals surface area contributed by atoms with E-state index in [2.05, 4.69) is 17.6 Å². The summed E-state index contributed by atoms with van der Waals surface area (Å²) < 4.78 is 4.94. The maximum absolute atomic E-state index is 10.5. The van der Waals surface area contributed by atoms with Gasteiger partial charge in [-0.15, -0.1) is 0 Å². The Morgan fingerprint density at radius 3 is 2.92 bits per heavy atom. The van der Waals surface area contributed by atoms with E-state index in [9.17, 15) is 4.79 Å². The maximum Gasteiger partial charge on any atom is 0.324 e. The van der Waals surface area contributed by atoms with E-state index >= 15 is 0 Å². The normalized spacial score (nSPS) is 12.1. The Bertz CT molecular complexity index is 380. The highest BCUT2D eigenvalue weighted by atomic mass is 32.1. The summed E-state index contributed by atoms with van der Waals surface area (Å²) in [5.74, 6) is -0.932. The first-order chi connectivity index (χ1) is 6.06. The third kappa shape index (κ3) is 1.81. The number of nitrogens with zero attached hydrogens (tertiary/aromatic N) is 2. The van der Waals surface area contributed by atoms with Gasteiger partial charge in [0, 0.05) is 6.92 Å². The van der Waals surface area contributed by atoms with E-state index in [1.165, 1.54) is 6.92 Å². The molecule has 0 saturated carbocycles. The number of rotatable bonds is 2. The van der Waals surface area contributed by atoms with Gasteiger partial charge in [0.25, 0.3) is 0 Å². The summed E-state index contributed by atoms with van der Waals surface area (Å²) in [4.78, 5) is 14.2. The average Bonchev–Trinajstić information content (AvgIpc) is 2.45. The lowest BCUT2D eigenvalue weighted by molar-refractivity contribution is -0.136. The molecule has 0 aliphatic rings. The van der Waals surface area contributed by atoms with Crippen LogP contribution >= 0.6 is 12.6 Å².